The summed E-state index contributed by atoms with van der Waals surface area (Å²) in [6, 6.07) is 0.0822. The Balaban J connectivity index is 2.13. The van der Waals surface area contributed by atoms with Crippen molar-refractivity contribution >= 4 is 0 Å². The summed E-state index contributed by atoms with van der Waals surface area (Å²) in [5, 5.41) is 9.18. The summed E-state index contributed by atoms with van der Waals surface area (Å²) in [7, 11) is 0. The van der Waals surface area contributed by atoms with E-state index < -0.39 is 0 Å². The van der Waals surface area contributed by atoms with Crippen LogP contribution in [0.25, 0.3) is 0 Å². The molecule has 0 aromatic heterocycles. The molecule has 2 rings (SSSR count). The molecule has 4 unspecified atom stereocenters. The maximum Gasteiger partial charge on any atom is 0.0989 e. The molecule has 2 fully saturated rings. The molecular weight excluding hydrogens is 118 g/mol. The van der Waals surface area contributed by atoms with E-state index in [4.69, 9.17) is 10.5 Å². The van der Waals surface area contributed by atoms with Gasteiger partial charge in [-0.1, -0.05) is 0 Å². The Hall–Kier alpha value is -0.120. The van der Waals surface area contributed by atoms with Crippen LogP contribution in [0.15, 0.2) is 0 Å². The lowest BCUT2D eigenvalue weighted by Crippen LogP contribution is -2.40. The van der Waals surface area contributed by atoms with Gasteiger partial charge < -0.3 is 15.6 Å². The van der Waals surface area contributed by atoms with Gasteiger partial charge >= 0.3 is 0 Å². The molecule has 2 heterocycles. The first-order valence-electron chi connectivity index (χ1n) is 3.36. The van der Waals surface area contributed by atoms with Crippen molar-refractivity contribution in [2.75, 3.05) is 0 Å². The molecular formula is C6H11NO2. The van der Waals surface area contributed by atoms with E-state index in [1.807, 2.05) is 0 Å². The molecule has 2 bridgehead atoms. The van der Waals surface area contributed by atoms with Crippen LogP contribution in [0.3, 0.4) is 0 Å². The van der Waals surface area contributed by atoms with E-state index in [1.165, 1.54) is 0 Å². The maximum atomic E-state index is 9.18. The molecule has 0 saturated carbocycles. The highest BCUT2D eigenvalue weighted by Gasteiger charge is 2.45. The molecule has 3 nitrogen and oxygen atoms in total. The second-order valence-corrected chi connectivity index (χ2v) is 2.93. The minimum absolute atomic E-state index is 0.0602. The number of aliphatic hydroxyl groups excluding tert-OH is 1. The Morgan fingerprint density at radius 3 is 2.56 bits per heavy atom. The van der Waals surface area contributed by atoms with E-state index >= 15 is 0 Å². The first kappa shape index (κ1) is 5.65. The average Bonchev–Trinajstić information content (AvgIpc) is 2.22. The van der Waals surface area contributed by atoms with E-state index in [9.17, 15) is 5.11 Å². The largest absolute Gasteiger partial charge is 0.390 e. The first-order valence-corrected chi connectivity index (χ1v) is 3.36. The Morgan fingerprint density at radius 2 is 2.22 bits per heavy atom. The zero-order chi connectivity index (χ0) is 6.43. The Morgan fingerprint density at radius 1 is 1.44 bits per heavy atom. The fraction of sp³-hybridized carbons (Fsp3) is 1.00. The lowest BCUT2D eigenvalue weighted by atomic mass is 9.94. The summed E-state index contributed by atoms with van der Waals surface area (Å²) < 4.78 is 5.32. The minimum atomic E-state index is -0.293. The summed E-state index contributed by atoms with van der Waals surface area (Å²) in [5.41, 5.74) is 5.63. The van der Waals surface area contributed by atoms with E-state index in [0.717, 1.165) is 12.8 Å². The molecule has 0 aliphatic carbocycles. The van der Waals surface area contributed by atoms with Gasteiger partial charge in [-0.25, -0.2) is 0 Å². The summed E-state index contributed by atoms with van der Waals surface area (Å²) in [4.78, 5) is 0. The van der Waals surface area contributed by atoms with Crippen LogP contribution in [0.4, 0.5) is 0 Å². The summed E-state index contributed by atoms with van der Waals surface area (Å²) in [6.45, 7) is 0. The highest BCUT2D eigenvalue weighted by Crippen LogP contribution is 2.33. The number of ether oxygens (including phenoxy) is 1. The highest BCUT2D eigenvalue weighted by atomic mass is 16.5. The molecule has 3 N–H and O–H groups in total. The average molecular weight is 129 g/mol. The molecule has 3 heteroatoms. The molecule has 9 heavy (non-hydrogen) atoms. The number of fused-ring (bicyclic) bond motifs is 2. The lowest BCUT2D eigenvalue weighted by Gasteiger charge is -2.18. The quantitative estimate of drug-likeness (QED) is 0.452. The molecule has 0 aromatic carbocycles. The van der Waals surface area contributed by atoms with Crippen molar-refractivity contribution < 1.29 is 9.84 Å². The smallest absolute Gasteiger partial charge is 0.0989 e. The van der Waals surface area contributed by atoms with Gasteiger partial charge in [0.25, 0.3) is 0 Å². The molecule has 4 atom stereocenters. The molecule has 2 aliphatic rings. The molecule has 2 aliphatic heterocycles. The van der Waals surface area contributed by atoms with Gasteiger partial charge in [-0.2, -0.15) is 0 Å². The van der Waals surface area contributed by atoms with Gasteiger partial charge in [0.1, 0.15) is 0 Å². The second kappa shape index (κ2) is 1.68. The van der Waals surface area contributed by atoms with Crippen molar-refractivity contribution in [3.63, 3.8) is 0 Å². The van der Waals surface area contributed by atoms with Gasteiger partial charge in [0.05, 0.1) is 18.3 Å². The van der Waals surface area contributed by atoms with Crippen LogP contribution in [-0.2, 0) is 4.74 Å². The zero-order valence-corrected chi connectivity index (χ0v) is 5.16. The number of hydrogen-bond acceptors (Lipinski definition) is 3. The van der Waals surface area contributed by atoms with Crippen molar-refractivity contribution in [3.05, 3.63) is 0 Å². The first-order chi connectivity index (χ1) is 4.27. The van der Waals surface area contributed by atoms with Crippen molar-refractivity contribution in [2.24, 2.45) is 5.73 Å². The third-order valence-corrected chi connectivity index (χ3v) is 2.19. The molecule has 2 saturated heterocycles. The topological polar surface area (TPSA) is 55.5 Å². The number of aliphatic hydroxyl groups is 1. The van der Waals surface area contributed by atoms with E-state index in [1.54, 1.807) is 0 Å². The predicted molar refractivity (Wildman–Crippen MR) is 31.9 cm³/mol. The summed E-state index contributed by atoms with van der Waals surface area (Å²) >= 11 is 0. The van der Waals surface area contributed by atoms with E-state index in [2.05, 4.69) is 0 Å². The van der Waals surface area contributed by atoms with Crippen LogP contribution in [0.2, 0.25) is 0 Å². The predicted octanol–water partition coefficient (Wildman–Crippen LogP) is -0.764. The fourth-order valence-electron chi connectivity index (χ4n) is 1.75. The normalized spacial score (nSPS) is 56.7. The number of nitrogens with two attached hydrogens (primary N) is 1. The Bertz CT molecular complexity index is 116. The van der Waals surface area contributed by atoms with Gasteiger partial charge in [0.2, 0.25) is 0 Å². The van der Waals surface area contributed by atoms with Crippen LogP contribution >= 0.6 is 0 Å². The molecule has 0 spiro atoms. The van der Waals surface area contributed by atoms with E-state index in [-0.39, 0.29) is 24.4 Å². The lowest BCUT2D eigenvalue weighted by molar-refractivity contribution is 0.0468. The highest BCUT2D eigenvalue weighted by molar-refractivity contribution is 4.97. The maximum absolute atomic E-state index is 9.18. The number of hydrogen-bond donors (Lipinski definition) is 2. The van der Waals surface area contributed by atoms with Crippen LogP contribution in [0.5, 0.6) is 0 Å². The Kier molecular flexibility index (Phi) is 1.06. The third kappa shape index (κ3) is 0.689. The van der Waals surface area contributed by atoms with Gasteiger partial charge in [0, 0.05) is 12.5 Å². The standard InChI is InChI=1S/C6H11NO2/c7-4-1-3-2-5(8)6(4)9-3/h3-6,8H,1-2,7H2. The van der Waals surface area contributed by atoms with Gasteiger partial charge in [-0.15, -0.1) is 0 Å². The minimum Gasteiger partial charge on any atom is -0.390 e. The fourth-order valence-corrected chi connectivity index (χ4v) is 1.75. The SMILES string of the molecule is NC1CC2CC(O)C1O2. The molecule has 0 radical (unpaired) electrons. The van der Waals surface area contributed by atoms with Crippen molar-refractivity contribution in [2.45, 2.75) is 37.2 Å². The molecule has 52 valence electrons. The molecule has 0 amide bonds. The van der Waals surface area contributed by atoms with Crippen molar-refractivity contribution in [1.29, 1.82) is 0 Å². The monoisotopic (exact) mass is 129 g/mol. The summed E-state index contributed by atoms with van der Waals surface area (Å²) in [6.07, 6.45) is 1.62. The molecule has 0 aromatic rings. The van der Waals surface area contributed by atoms with Crippen LogP contribution in [0, 0.1) is 0 Å². The van der Waals surface area contributed by atoms with Gasteiger partial charge in [0.15, 0.2) is 0 Å². The second-order valence-electron chi connectivity index (χ2n) is 2.93. The van der Waals surface area contributed by atoms with Crippen molar-refractivity contribution in [3.8, 4) is 0 Å². The number of rotatable bonds is 0. The van der Waals surface area contributed by atoms with Crippen LogP contribution < -0.4 is 5.73 Å². The summed E-state index contributed by atoms with van der Waals surface area (Å²) in [5.74, 6) is 0. The Labute approximate surface area is 53.8 Å². The van der Waals surface area contributed by atoms with Crippen LogP contribution in [-0.4, -0.2) is 29.5 Å². The third-order valence-electron chi connectivity index (χ3n) is 2.19. The van der Waals surface area contributed by atoms with Crippen LogP contribution in [0.1, 0.15) is 12.8 Å². The van der Waals surface area contributed by atoms with Crippen molar-refractivity contribution in [1.82, 2.24) is 0 Å². The van der Waals surface area contributed by atoms with Gasteiger partial charge in [-0.3, -0.25) is 0 Å². The van der Waals surface area contributed by atoms with E-state index in [0.29, 0.717) is 0 Å². The zero-order valence-electron chi connectivity index (χ0n) is 5.16. The van der Waals surface area contributed by atoms with Gasteiger partial charge in [-0.05, 0) is 6.42 Å².